The third-order valence-electron chi connectivity index (χ3n) is 3.97. The molecule has 27 heavy (non-hydrogen) atoms. The van der Waals surface area contributed by atoms with Crippen molar-refractivity contribution in [3.05, 3.63) is 59.7 Å². The molecule has 4 nitrogen and oxygen atoms in total. The molecule has 0 bridgehead atoms. The van der Waals surface area contributed by atoms with E-state index in [9.17, 15) is 17.6 Å². The van der Waals surface area contributed by atoms with Gasteiger partial charge in [-0.3, -0.25) is 0 Å². The lowest BCUT2D eigenvalue weighted by molar-refractivity contribution is -0.137. The molecule has 1 heterocycles. The summed E-state index contributed by atoms with van der Waals surface area (Å²) in [5, 5.41) is 0. The van der Waals surface area contributed by atoms with Crippen LogP contribution in [0.4, 0.5) is 23.2 Å². The second-order valence-electron chi connectivity index (χ2n) is 5.80. The van der Waals surface area contributed by atoms with Crippen LogP contribution >= 0.6 is 0 Å². The summed E-state index contributed by atoms with van der Waals surface area (Å²) in [6.45, 7) is 1.60. The SMILES string of the molecule is COc1ccc(-c2nc(C)nc(-c3ccc(C(F)(F)F)cc3F)c2N)cc1. The van der Waals surface area contributed by atoms with Crippen LogP contribution in [0.15, 0.2) is 42.5 Å². The van der Waals surface area contributed by atoms with E-state index in [1.165, 1.54) is 7.11 Å². The number of nitrogen functional groups attached to an aromatic ring is 1. The van der Waals surface area contributed by atoms with E-state index in [2.05, 4.69) is 9.97 Å². The molecule has 0 unspecified atom stereocenters. The Kier molecular flexibility index (Phi) is 4.73. The summed E-state index contributed by atoms with van der Waals surface area (Å²) >= 11 is 0. The lowest BCUT2D eigenvalue weighted by Crippen LogP contribution is -2.07. The number of ether oxygens (including phenoxy) is 1. The Labute approximate surface area is 152 Å². The van der Waals surface area contributed by atoms with Gasteiger partial charge in [0.2, 0.25) is 0 Å². The number of halogens is 4. The number of alkyl halides is 3. The average molecular weight is 377 g/mol. The van der Waals surface area contributed by atoms with Crippen LogP contribution in [0.2, 0.25) is 0 Å². The van der Waals surface area contributed by atoms with E-state index in [1.807, 2.05) is 0 Å². The Morgan fingerprint density at radius 3 is 2.15 bits per heavy atom. The van der Waals surface area contributed by atoms with E-state index in [4.69, 9.17) is 10.5 Å². The van der Waals surface area contributed by atoms with Gasteiger partial charge in [0.15, 0.2) is 0 Å². The van der Waals surface area contributed by atoms with Crippen LogP contribution in [-0.2, 0) is 6.18 Å². The smallest absolute Gasteiger partial charge is 0.416 e. The van der Waals surface area contributed by atoms with Crippen molar-refractivity contribution in [1.82, 2.24) is 9.97 Å². The van der Waals surface area contributed by atoms with Crippen molar-refractivity contribution in [3.8, 4) is 28.3 Å². The number of aromatic nitrogens is 2. The molecule has 0 saturated carbocycles. The highest BCUT2D eigenvalue weighted by Crippen LogP contribution is 2.36. The highest BCUT2D eigenvalue weighted by Gasteiger charge is 2.31. The van der Waals surface area contributed by atoms with Crippen molar-refractivity contribution in [2.75, 3.05) is 12.8 Å². The van der Waals surface area contributed by atoms with Crippen LogP contribution in [0, 0.1) is 12.7 Å². The van der Waals surface area contributed by atoms with Gasteiger partial charge in [-0.2, -0.15) is 13.2 Å². The van der Waals surface area contributed by atoms with Crippen LogP contribution in [0.3, 0.4) is 0 Å². The Morgan fingerprint density at radius 2 is 1.59 bits per heavy atom. The van der Waals surface area contributed by atoms with Crippen molar-refractivity contribution in [2.24, 2.45) is 0 Å². The maximum atomic E-state index is 14.4. The molecular formula is C19H15F4N3O. The van der Waals surface area contributed by atoms with Crippen molar-refractivity contribution >= 4 is 5.69 Å². The molecule has 140 valence electrons. The number of anilines is 1. The largest absolute Gasteiger partial charge is 0.497 e. The predicted molar refractivity (Wildman–Crippen MR) is 93.6 cm³/mol. The summed E-state index contributed by atoms with van der Waals surface area (Å²) in [7, 11) is 1.53. The number of aryl methyl sites for hydroxylation is 1. The molecule has 0 aliphatic heterocycles. The monoisotopic (exact) mass is 377 g/mol. The van der Waals surface area contributed by atoms with Gasteiger partial charge in [0.25, 0.3) is 0 Å². The van der Waals surface area contributed by atoms with E-state index in [-0.39, 0.29) is 16.9 Å². The molecule has 2 N–H and O–H groups in total. The number of methoxy groups -OCH3 is 1. The first-order valence-electron chi connectivity index (χ1n) is 7.86. The zero-order valence-corrected chi connectivity index (χ0v) is 14.4. The lowest BCUT2D eigenvalue weighted by atomic mass is 10.0. The third kappa shape index (κ3) is 3.69. The second kappa shape index (κ2) is 6.86. The van der Waals surface area contributed by atoms with E-state index in [0.29, 0.717) is 28.9 Å². The van der Waals surface area contributed by atoms with Gasteiger partial charge in [-0.05, 0) is 49.4 Å². The molecule has 0 fully saturated rings. The fourth-order valence-electron chi connectivity index (χ4n) is 2.64. The number of hydrogen-bond donors (Lipinski definition) is 1. The second-order valence-corrected chi connectivity index (χ2v) is 5.80. The van der Waals surface area contributed by atoms with Gasteiger partial charge in [0.1, 0.15) is 23.1 Å². The third-order valence-corrected chi connectivity index (χ3v) is 3.97. The fraction of sp³-hybridized carbons (Fsp3) is 0.158. The highest BCUT2D eigenvalue weighted by atomic mass is 19.4. The van der Waals surface area contributed by atoms with E-state index in [0.717, 1.165) is 12.1 Å². The fourth-order valence-corrected chi connectivity index (χ4v) is 2.64. The summed E-state index contributed by atoms with van der Waals surface area (Å²) < 4.78 is 57.8. The first-order valence-corrected chi connectivity index (χ1v) is 7.86. The summed E-state index contributed by atoms with van der Waals surface area (Å²) in [5.74, 6) is -0.114. The molecule has 0 amide bonds. The Balaban J connectivity index is 2.13. The van der Waals surface area contributed by atoms with Crippen LogP contribution in [0.25, 0.3) is 22.5 Å². The zero-order chi connectivity index (χ0) is 19.8. The normalized spacial score (nSPS) is 11.5. The van der Waals surface area contributed by atoms with E-state index in [1.54, 1.807) is 31.2 Å². The summed E-state index contributed by atoms with van der Waals surface area (Å²) in [4.78, 5) is 8.43. The zero-order valence-electron chi connectivity index (χ0n) is 14.4. The van der Waals surface area contributed by atoms with Crippen molar-refractivity contribution in [1.29, 1.82) is 0 Å². The van der Waals surface area contributed by atoms with Crippen molar-refractivity contribution in [3.63, 3.8) is 0 Å². The molecule has 3 aromatic rings. The molecule has 0 aliphatic carbocycles. The van der Waals surface area contributed by atoms with Gasteiger partial charge in [0.05, 0.1) is 24.1 Å². The van der Waals surface area contributed by atoms with Crippen molar-refractivity contribution < 1.29 is 22.3 Å². The van der Waals surface area contributed by atoms with E-state index < -0.39 is 17.6 Å². The van der Waals surface area contributed by atoms with Crippen LogP contribution in [-0.4, -0.2) is 17.1 Å². The molecule has 0 aliphatic rings. The Morgan fingerprint density at radius 1 is 0.963 bits per heavy atom. The maximum Gasteiger partial charge on any atom is 0.416 e. The topological polar surface area (TPSA) is 61.0 Å². The van der Waals surface area contributed by atoms with Gasteiger partial charge < -0.3 is 10.5 Å². The Bertz CT molecular complexity index is 985. The molecule has 0 atom stereocenters. The quantitative estimate of drug-likeness (QED) is 0.662. The minimum atomic E-state index is -4.64. The van der Waals surface area contributed by atoms with Gasteiger partial charge >= 0.3 is 6.18 Å². The van der Waals surface area contributed by atoms with Crippen LogP contribution < -0.4 is 10.5 Å². The lowest BCUT2D eigenvalue weighted by Gasteiger charge is -2.13. The first-order chi connectivity index (χ1) is 12.7. The van der Waals surface area contributed by atoms with Crippen LogP contribution in [0.5, 0.6) is 5.75 Å². The average Bonchev–Trinajstić information content (AvgIpc) is 2.63. The molecule has 0 radical (unpaired) electrons. The molecule has 3 rings (SSSR count). The predicted octanol–water partition coefficient (Wildman–Crippen LogP) is 4.87. The van der Waals surface area contributed by atoms with Gasteiger partial charge in [-0.15, -0.1) is 0 Å². The minimum absolute atomic E-state index is 0.0412. The number of hydrogen-bond acceptors (Lipinski definition) is 4. The number of rotatable bonds is 3. The maximum absolute atomic E-state index is 14.4. The summed E-state index contributed by atoms with van der Waals surface area (Å²) in [5.41, 5.74) is 6.05. The van der Waals surface area contributed by atoms with E-state index >= 15 is 0 Å². The van der Waals surface area contributed by atoms with Gasteiger partial charge in [0, 0.05) is 11.1 Å². The highest BCUT2D eigenvalue weighted by molar-refractivity contribution is 5.84. The number of nitrogens with zero attached hydrogens (tertiary/aromatic N) is 2. The molecule has 2 aromatic carbocycles. The van der Waals surface area contributed by atoms with Gasteiger partial charge in [-0.25, -0.2) is 14.4 Å². The summed E-state index contributed by atoms with van der Waals surface area (Å²) in [6, 6.07) is 9.12. The van der Waals surface area contributed by atoms with Gasteiger partial charge in [-0.1, -0.05) is 0 Å². The molecule has 0 spiro atoms. The van der Waals surface area contributed by atoms with Crippen molar-refractivity contribution in [2.45, 2.75) is 13.1 Å². The molecule has 1 aromatic heterocycles. The van der Waals surface area contributed by atoms with Crippen LogP contribution in [0.1, 0.15) is 11.4 Å². The molecule has 8 heteroatoms. The standard InChI is InChI=1S/C19H15F4N3O/c1-10-25-17(11-3-6-13(27-2)7-4-11)16(24)18(26-10)14-8-5-12(9-15(14)20)19(21,22)23/h3-9H,24H2,1-2H3. The number of nitrogens with two attached hydrogens (primary N) is 1. The molecular weight excluding hydrogens is 362 g/mol. The number of benzene rings is 2. The first kappa shape index (κ1) is 18.6. The summed E-state index contributed by atoms with van der Waals surface area (Å²) in [6.07, 6.45) is -4.64. The Hall–Kier alpha value is -3.16. The molecule has 0 saturated heterocycles. The minimum Gasteiger partial charge on any atom is -0.497 e.